The Balaban J connectivity index is 1.95. The van der Waals surface area contributed by atoms with Crippen molar-refractivity contribution in [1.29, 1.82) is 0 Å². The molecule has 0 aliphatic carbocycles. The zero-order valence-corrected chi connectivity index (χ0v) is 15.4. The van der Waals surface area contributed by atoms with Crippen LogP contribution in [0.4, 0.5) is 0 Å². The minimum atomic E-state index is -3.75. The van der Waals surface area contributed by atoms with Gasteiger partial charge in [-0.1, -0.05) is 37.6 Å². The lowest BCUT2D eigenvalue weighted by atomic mass is 10.00. The van der Waals surface area contributed by atoms with Gasteiger partial charge in [0.25, 0.3) is 0 Å². The standard InChI is InChI=1S/C16H19N5O2S2/c1-2-3-4-14-10-24-16(25(17,22)23)15(14)13-7-5-12(6-8-13)9-21-11-18-19-20-21/h5-8,10-11H,2-4,9H2,1H3,(H2,17,22,23). The Bertz CT molecular complexity index is 932. The molecule has 0 radical (unpaired) electrons. The molecule has 0 aliphatic heterocycles. The van der Waals surface area contributed by atoms with E-state index in [1.165, 1.54) is 11.3 Å². The summed E-state index contributed by atoms with van der Waals surface area (Å²) in [6, 6.07) is 7.74. The van der Waals surface area contributed by atoms with Crippen LogP contribution in [0.2, 0.25) is 0 Å². The van der Waals surface area contributed by atoms with Crippen LogP contribution in [0.5, 0.6) is 0 Å². The number of benzene rings is 1. The lowest BCUT2D eigenvalue weighted by molar-refractivity contribution is 0.600. The zero-order valence-electron chi connectivity index (χ0n) is 13.8. The molecular formula is C16H19N5O2S2. The van der Waals surface area contributed by atoms with Gasteiger partial charge in [-0.2, -0.15) is 0 Å². The Morgan fingerprint density at radius 1 is 1.24 bits per heavy atom. The van der Waals surface area contributed by atoms with Crippen molar-refractivity contribution >= 4 is 21.4 Å². The largest absolute Gasteiger partial charge is 0.248 e. The molecule has 0 fully saturated rings. The van der Waals surface area contributed by atoms with Gasteiger partial charge in [-0.3, -0.25) is 0 Å². The minimum absolute atomic E-state index is 0.229. The lowest BCUT2D eigenvalue weighted by Gasteiger charge is -2.08. The van der Waals surface area contributed by atoms with E-state index in [0.717, 1.165) is 41.5 Å². The van der Waals surface area contributed by atoms with E-state index in [2.05, 4.69) is 22.4 Å². The smallest absolute Gasteiger partial charge is 0.228 e. The number of hydrogen-bond donors (Lipinski definition) is 1. The van der Waals surface area contributed by atoms with Crippen LogP contribution < -0.4 is 5.14 Å². The van der Waals surface area contributed by atoms with Crippen molar-refractivity contribution in [2.45, 2.75) is 36.9 Å². The van der Waals surface area contributed by atoms with Gasteiger partial charge in [0.05, 0.1) is 6.54 Å². The lowest BCUT2D eigenvalue weighted by Crippen LogP contribution is -2.11. The number of unbranched alkanes of at least 4 members (excludes halogenated alkanes) is 1. The van der Waals surface area contributed by atoms with Crippen molar-refractivity contribution in [3.63, 3.8) is 0 Å². The Labute approximate surface area is 150 Å². The highest BCUT2D eigenvalue weighted by molar-refractivity contribution is 7.91. The third-order valence-electron chi connectivity index (χ3n) is 3.87. The molecule has 2 aromatic heterocycles. The van der Waals surface area contributed by atoms with Crippen LogP contribution in [-0.4, -0.2) is 28.6 Å². The topological polar surface area (TPSA) is 104 Å². The molecule has 0 spiro atoms. The van der Waals surface area contributed by atoms with E-state index in [4.69, 9.17) is 5.14 Å². The third kappa shape index (κ3) is 4.12. The summed E-state index contributed by atoms with van der Waals surface area (Å²) in [5.74, 6) is 0. The number of primary sulfonamides is 1. The van der Waals surface area contributed by atoms with Gasteiger partial charge in [-0.15, -0.1) is 16.4 Å². The summed E-state index contributed by atoms with van der Waals surface area (Å²) in [6.07, 6.45) is 4.44. The number of rotatable bonds is 7. The maximum absolute atomic E-state index is 12.0. The van der Waals surface area contributed by atoms with E-state index >= 15 is 0 Å². The predicted molar refractivity (Wildman–Crippen MR) is 96.7 cm³/mol. The number of nitrogens with two attached hydrogens (primary N) is 1. The average Bonchev–Trinajstić information content (AvgIpc) is 3.22. The van der Waals surface area contributed by atoms with E-state index in [9.17, 15) is 8.42 Å². The van der Waals surface area contributed by atoms with E-state index in [0.29, 0.717) is 6.54 Å². The second-order valence-electron chi connectivity index (χ2n) is 5.78. The molecule has 1 aromatic carbocycles. The number of sulfonamides is 1. The highest BCUT2D eigenvalue weighted by Gasteiger charge is 2.21. The Morgan fingerprint density at radius 3 is 2.60 bits per heavy atom. The number of nitrogens with zero attached hydrogens (tertiary/aromatic N) is 4. The summed E-state index contributed by atoms with van der Waals surface area (Å²) in [5, 5.41) is 18.4. The van der Waals surface area contributed by atoms with Crippen LogP contribution >= 0.6 is 11.3 Å². The molecule has 2 N–H and O–H groups in total. The maximum atomic E-state index is 12.0. The van der Waals surface area contributed by atoms with Crippen LogP contribution in [0.15, 0.2) is 40.2 Å². The van der Waals surface area contributed by atoms with Crippen molar-refractivity contribution in [1.82, 2.24) is 20.2 Å². The second-order valence-corrected chi connectivity index (χ2v) is 8.41. The van der Waals surface area contributed by atoms with Crippen molar-refractivity contribution in [3.8, 4) is 11.1 Å². The first-order valence-corrected chi connectivity index (χ1v) is 10.3. The molecule has 0 saturated heterocycles. The van der Waals surface area contributed by atoms with Gasteiger partial charge >= 0.3 is 0 Å². The first-order valence-electron chi connectivity index (χ1n) is 7.92. The quantitative estimate of drug-likeness (QED) is 0.681. The van der Waals surface area contributed by atoms with E-state index in [1.807, 2.05) is 29.6 Å². The van der Waals surface area contributed by atoms with Crippen LogP contribution in [0, 0.1) is 0 Å². The molecule has 3 aromatic rings. The summed E-state index contributed by atoms with van der Waals surface area (Å²) in [4.78, 5) is 0. The number of tetrazole rings is 1. The van der Waals surface area contributed by atoms with Crippen molar-refractivity contribution in [2.24, 2.45) is 5.14 Å². The monoisotopic (exact) mass is 377 g/mol. The van der Waals surface area contributed by atoms with Gasteiger partial charge in [-0.05, 0) is 45.3 Å². The summed E-state index contributed by atoms with van der Waals surface area (Å²) >= 11 is 1.19. The third-order valence-corrected chi connectivity index (χ3v) is 6.40. The van der Waals surface area contributed by atoms with Crippen LogP contribution in [-0.2, 0) is 23.0 Å². The van der Waals surface area contributed by atoms with Gasteiger partial charge < -0.3 is 0 Å². The molecule has 2 heterocycles. The molecule has 0 amide bonds. The second kappa shape index (κ2) is 7.42. The SMILES string of the molecule is CCCCc1csc(S(N)(=O)=O)c1-c1ccc(Cn2cnnn2)cc1. The molecule has 0 aliphatic rings. The predicted octanol–water partition coefficient (Wildman–Crippen LogP) is 2.44. The normalized spacial score (nSPS) is 11.8. The number of aryl methyl sites for hydroxylation is 1. The maximum Gasteiger partial charge on any atom is 0.248 e. The Kier molecular flexibility index (Phi) is 5.26. The average molecular weight is 377 g/mol. The molecular weight excluding hydrogens is 358 g/mol. The first-order chi connectivity index (χ1) is 12.0. The first kappa shape index (κ1) is 17.7. The van der Waals surface area contributed by atoms with Crippen molar-refractivity contribution < 1.29 is 8.42 Å². The van der Waals surface area contributed by atoms with Gasteiger partial charge in [0.2, 0.25) is 10.0 Å². The summed E-state index contributed by atoms with van der Waals surface area (Å²) in [7, 11) is -3.75. The van der Waals surface area contributed by atoms with Gasteiger partial charge in [0.15, 0.2) is 0 Å². The summed E-state index contributed by atoms with van der Waals surface area (Å²) in [5.41, 5.74) is 3.65. The Morgan fingerprint density at radius 2 is 2.00 bits per heavy atom. The van der Waals surface area contributed by atoms with Crippen molar-refractivity contribution in [2.75, 3.05) is 0 Å². The van der Waals surface area contributed by atoms with Gasteiger partial charge in [-0.25, -0.2) is 18.2 Å². The fourth-order valence-electron chi connectivity index (χ4n) is 2.65. The number of hydrogen-bond acceptors (Lipinski definition) is 6. The van der Waals surface area contributed by atoms with Gasteiger partial charge in [0.1, 0.15) is 10.5 Å². The van der Waals surface area contributed by atoms with E-state index < -0.39 is 10.0 Å². The molecule has 0 unspecified atom stereocenters. The molecule has 7 nitrogen and oxygen atoms in total. The van der Waals surface area contributed by atoms with Crippen LogP contribution in [0.1, 0.15) is 30.9 Å². The Hall–Kier alpha value is -2.10. The van der Waals surface area contributed by atoms with Crippen molar-refractivity contribution in [3.05, 3.63) is 47.1 Å². The molecule has 25 heavy (non-hydrogen) atoms. The number of thiophene rings is 1. The fraction of sp³-hybridized carbons (Fsp3) is 0.312. The van der Waals surface area contributed by atoms with Crippen LogP contribution in [0.3, 0.4) is 0 Å². The molecule has 132 valence electrons. The molecule has 9 heteroatoms. The molecule has 0 saturated carbocycles. The molecule has 0 bridgehead atoms. The highest BCUT2D eigenvalue weighted by Crippen LogP contribution is 2.36. The summed E-state index contributed by atoms with van der Waals surface area (Å²) < 4.78 is 25.8. The minimum Gasteiger partial charge on any atom is -0.228 e. The van der Waals surface area contributed by atoms with Gasteiger partial charge in [0, 0.05) is 5.56 Å². The summed E-state index contributed by atoms with van der Waals surface area (Å²) in [6.45, 7) is 2.67. The highest BCUT2D eigenvalue weighted by atomic mass is 32.2. The van der Waals surface area contributed by atoms with E-state index in [-0.39, 0.29) is 4.21 Å². The van der Waals surface area contributed by atoms with E-state index in [1.54, 1.807) is 11.0 Å². The fourth-order valence-corrected chi connectivity index (χ4v) is 4.72. The zero-order chi connectivity index (χ0) is 17.9. The molecule has 3 rings (SSSR count). The molecule has 0 atom stereocenters. The number of aromatic nitrogens is 4. The van der Waals surface area contributed by atoms with Crippen LogP contribution in [0.25, 0.3) is 11.1 Å².